The van der Waals surface area contributed by atoms with Crippen LogP contribution in [0.3, 0.4) is 0 Å². The molecule has 10 nitrogen and oxygen atoms in total. The topological polar surface area (TPSA) is 161 Å². The highest BCUT2D eigenvalue weighted by Gasteiger charge is 2.23. The number of benzene rings is 1. The number of anilines is 1. The number of aromatic nitrogens is 1. The molecule has 1 amide bonds. The van der Waals surface area contributed by atoms with Crippen molar-refractivity contribution in [1.82, 2.24) is 9.88 Å². The van der Waals surface area contributed by atoms with E-state index in [0.717, 1.165) is 44.4 Å². The lowest BCUT2D eigenvalue weighted by atomic mass is 9.95. The summed E-state index contributed by atoms with van der Waals surface area (Å²) in [6.07, 6.45) is 5.55. The molecular weight excluding hydrogens is 456 g/mol. The lowest BCUT2D eigenvalue weighted by molar-refractivity contribution is 0.0952. The number of amides is 1. The molecule has 2 aromatic rings. The summed E-state index contributed by atoms with van der Waals surface area (Å²) in [7, 11) is -4.35. The molecule has 1 heterocycles. The van der Waals surface area contributed by atoms with Crippen LogP contribution in [0.4, 0.5) is 10.1 Å². The molecule has 1 fully saturated rings. The van der Waals surface area contributed by atoms with Crippen LogP contribution in [0.15, 0.2) is 23.1 Å². The number of aliphatic hydroxyl groups excluding tert-OH is 2. The van der Waals surface area contributed by atoms with Gasteiger partial charge in [-0.25, -0.2) is 4.39 Å². The zero-order valence-corrected chi connectivity index (χ0v) is 18.9. The SMILES string of the molecule is O=C(NCCP(=O)(O)O)c1cn(C(CO)CO)c2cc(NC3CCCCC3)c(F)cc2c1=O. The highest BCUT2D eigenvalue weighted by Crippen LogP contribution is 2.33. The Balaban J connectivity index is 2.04. The third-order valence-electron chi connectivity index (χ3n) is 5.83. The molecule has 0 aliphatic heterocycles. The van der Waals surface area contributed by atoms with Crippen molar-refractivity contribution in [2.24, 2.45) is 0 Å². The van der Waals surface area contributed by atoms with Crippen molar-refractivity contribution in [2.45, 2.75) is 44.2 Å². The number of halogens is 1. The van der Waals surface area contributed by atoms with E-state index in [1.54, 1.807) is 0 Å². The molecule has 0 spiro atoms. The number of nitrogens with zero attached hydrogens (tertiary/aromatic N) is 1. The van der Waals surface area contributed by atoms with E-state index in [4.69, 9.17) is 9.79 Å². The summed E-state index contributed by atoms with van der Waals surface area (Å²) in [6, 6.07) is 1.66. The molecule has 1 aliphatic carbocycles. The fraction of sp³-hybridized carbons (Fsp3) is 0.524. The number of aliphatic hydroxyl groups is 2. The Morgan fingerprint density at radius 3 is 2.45 bits per heavy atom. The van der Waals surface area contributed by atoms with Gasteiger partial charge in [0.05, 0.1) is 36.6 Å². The van der Waals surface area contributed by atoms with Gasteiger partial charge in [0.1, 0.15) is 11.4 Å². The molecule has 6 N–H and O–H groups in total. The molecule has 0 atom stereocenters. The first kappa shape index (κ1) is 25.3. The largest absolute Gasteiger partial charge is 0.394 e. The van der Waals surface area contributed by atoms with Gasteiger partial charge in [-0.15, -0.1) is 0 Å². The maximum absolute atomic E-state index is 14.9. The first-order valence-corrected chi connectivity index (χ1v) is 12.6. The van der Waals surface area contributed by atoms with Crippen LogP contribution in [0.5, 0.6) is 0 Å². The van der Waals surface area contributed by atoms with Gasteiger partial charge in [-0.1, -0.05) is 19.3 Å². The van der Waals surface area contributed by atoms with E-state index < -0.39 is 55.7 Å². The predicted octanol–water partition coefficient (Wildman–Crippen LogP) is 1.32. The minimum atomic E-state index is -4.35. The van der Waals surface area contributed by atoms with Crippen LogP contribution in [0.25, 0.3) is 10.9 Å². The molecule has 1 aliphatic rings. The number of nitrogens with one attached hydrogen (secondary N) is 2. The summed E-state index contributed by atoms with van der Waals surface area (Å²) in [5, 5.41) is 24.8. The van der Waals surface area contributed by atoms with Gasteiger partial charge in [0.2, 0.25) is 5.43 Å². The van der Waals surface area contributed by atoms with Crippen molar-refractivity contribution in [2.75, 3.05) is 31.2 Å². The van der Waals surface area contributed by atoms with Crippen LogP contribution in [-0.4, -0.2) is 62.4 Å². The minimum Gasteiger partial charge on any atom is -0.394 e. The van der Waals surface area contributed by atoms with Gasteiger partial charge >= 0.3 is 7.60 Å². The monoisotopic (exact) mass is 485 g/mol. The van der Waals surface area contributed by atoms with E-state index in [2.05, 4.69) is 10.6 Å². The van der Waals surface area contributed by atoms with Crippen LogP contribution < -0.4 is 16.1 Å². The second-order valence-corrected chi connectivity index (χ2v) is 10.0. The van der Waals surface area contributed by atoms with E-state index in [0.29, 0.717) is 0 Å². The first-order chi connectivity index (χ1) is 15.6. The standard InChI is InChI=1S/C21H29FN3O7P/c22-17-8-15-19(9-18(17)24-13-4-2-1-3-5-13)25(14(11-26)12-27)10-16(20(15)28)21(29)23-6-7-33(30,31)32/h8-10,13-14,24,26-27H,1-7,11-12H2,(H,23,29)(H2,30,31,32). The maximum atomic E-state index is 14.9. The van der Waals surface area contributed by atoms with E-state index in [9.17, 15) is 28.8 Å². The van der Waals surface area contributed by atoms with Gasteiger partial charge < -0.3 is 35.2 Å². The van der Waals surface area contributed by atoms with Crippen molar-refractivity contribution in [1.29, 1.82) is 0 Å². The van der Waals surface area contributed by atoms with Gasteiger partial charge in [0.15, 0.2) is 0 Å². The van der Waals surface area contributed by atoms with E-state index in [-0.39, 0.29) is 29.2 Å². The third kappa shape index (κ3) is 6.18. The zero-order chi connectivity index (χ0) is 24.2. The van der Waals surface area contributed by atoms with E-state index >= 15 is 0 Å². The fourth-order valence-corrected chi connectivity index (χ4v) is 4.46. The smallest absolute Gasteiger partial charge is 0.327 e. The number of hydrogen-bond acceptors (Lipinski definition) is 6. The van der Waals surface area contributed by atoms with Crippen molar-refractivity contribution >= 4 is 30.1 Å². The molecule has 182 valence electrons. The van der Waals surface area contributed by atoms with E-state index in [1.165, 1.54) is 10.6 Å². The highest BCUT2D eigenvalue weighted by molar-refractivity contribution is 7.51. The summed E-state index contributed by atoms with van der Waals surface area (Å²) in [6.45, 7) is -1.38. The number of carbonyl (C=O) groups excluding carboxylic acids is 1. The van der Waals surface area contributed by atoms with E-state index in [1.807, 2.05) is 0 Å². The number of hydrogen-bond donors (Lipinski definition) is 6. The van der Waals surface area contributed by atoms with Crippen LogP contribution in [-0.2, 0) is 4.57 Å². The molecule has 1 aromatic heterocycles. The summed E-state index contributed by atoms with van der Waals surface area (Å²) < 4.78 is 27.3. The molecule has 0 radical (unpaired) electrons. The van der Waals surface area contributed by atoms with Crippen molar-refractivity contribution in [3.05, 3.63) is 39.9 Å². The molecule has 0 saturated heterocycles. The Bertz CT molecular complexity index is 1110. The quantitative estimate of drug-likeness (QED) is 0.290. The maximum Gasteiger partial charge on any atom is 0.327 e. The van der Waals surface area contributed by atoms with Gasteiger partial charge in [-0.05, 0) is 25.0 Å². The summed E-state index contributed by atoms with van der Waals surface area (Å²) in [4.78, 5) is 43.4. The van der Waals surface area contributed by atoms with Crippen molar-refractivity contribution < 1.29 is 33.7 Å². The average molecular weight is 485 g/mol. The Kier molecular flexibility index (Phi) is 8.25. The molecule has 0 bridgehead atoms. The Morgan fingerprint density at radius 2 is 1.85 bits per heavy atom. The molecule has 1 saturated carbocycles. The zero-order valence-electron chi connectivity index (χ0n) is 18.0. The molecule has 12 heteroatoms. The van der Waals surface area contributed by atoms with Crippen LogP contribution in [0, 0.1) is 5.82 Å². The Morgan fingerprint density at radius 1 is 1.18 bits per heavy atom. The van der Waals surface area contributed by atoms with Crippen molar-refractivity contribution in [3.63, 3.8) is 0 Å². The van der Waals surface area contributed by atoms with Gasteiger partial charge in [-0.2, -0.15) is 0 Å². The lowest BCUT2D eigenvalue weighted by Gasteiger charge is -2.25. The van der Waals surface area contributed by atoms with Crippen molar-refractivity contribution in [3.8, 4) is 0 Å². The Labute approximate surface area is 189 Å². The fourth-order valence-electron chi connectivity index (χ4n) is 4.05. The normalized spacial score (nSPS) is 15.2. The molecule has 33 heavy (non-hydrogen) atoms. The molecular formula is C21H29FN3O7P. The second-order valence-electron chi connectivity index (χ2n) is 8.27. The molecule has 3 rings (SSSR count). The number of pyridine rings is 1. The second kappa shape index (κ2) is 10.8. The Hall–Kier alpha value is -2.30. The molecule has 1 aromatic carbocycles. The van der Waals surface area contributed by atoms with Gasteiger partial charge in [-0.3, -0.25) is 14.2 Å². The average Bonchev–Trinajstić information content (AvgIpc) is 2.76. The minimum absolute atomic E-state index is 0.0939. The van der Waals surface area contributed by atoms with Gasteiger partial charge in [0.25, 0.3) is 5.91 Å². The van der Waals surface area contributed by atoms with Gasteiger partial charge in [0, 0.05) is 24.2 Å². The molecule has 0 unspecified atom stereocenters. The lowest BCUT2D eigenvalue weighted by Crippen LogP contribution is -2.33. The first-order valence-electron chi connectivity index (χ1n) is 10.8. The predicted molar refractivity (Wildman–Crippen MR) is 121 cm³/mol. The van der Waals surface area contributed by atoms with Crippen LogP contribution >= 0.6 is 7.60 Å². The van der Waals surface area contributed by atoms with Crippen LogP contribution in [0.2, 0.25) is 0 Å². The summed E-state index contributed by atoms with van der Waals surface area (Å²) >= 11 is 0. The summed E-state index contributed by atoms with van der Waals surface area (Å²) in [5.74, 6) is -1.57. The highest BCUT2D eigenvalue weighted by atomic mass is 31.2. The third-order valence-corrected chi connectivity index (χ3v) is 6.64. The number of carbonyl (C=O) groups is 1. The number of rotatable bonds is 9. The summed E-state index contributed by atoms with van der Waals surface area (Å²) in [5.41, 5.74) is -0.740. The number of fused-ring (bicyclic) bond motifs is 1. The van der Waals surface area contributed by atoms with Crippen LogP contribution in [0.1, 0.15) is 48.5 Å².